The Morgan fingerprint density at radius 2 is 1.45 bits per heavy atom. The highest BCUT2D eigenvalue weighted by molar-refractivity contribution is 6.18. The van der Waals surface area contributed by atoms with Crippen LogP contribution in [0.15, 0.2) is 30.3 Å². The van der Waals surface area contributed by atoms with E-state index >= 15 is 0 Å². The molecule has 0 spiro atoms. The monoisotopic (exact) mass is 300 g/mol. The Hall–Kier alpha value is -2.82. The number of benzene rings is 3. The molecule has 2 N–H and O–H groups in total. The number of hydrogen-bond acceptors (Lipinski definition) is 5. The van der Waals surface area contributed by atoms with Gasteiger partial charge in [0.05, 0.1) is 21.3 Å². The van der Waals surface area contributed by atoms with E-state index in [2.05, 4.69) is 0 Å². The molecule has 0 aromatic heterocycles. The number of phenolic OH excluding ortho intramolecular Hbond substituents is 2. The Labute approximate surface area is 127 Å². The van der Waals surface area contributed by atoms with Crippen LogP contribution in [0.1, 0.15) is 0 Å². The third-order valence-electron chi connectivity index (χ3n) is 3.70. The Balaban J connectivity index is 2.69. The van der Waals surface area contributed by atoms with Gasteiger partial charge in [-0.3, -0.25) is 0 Å². The molecule has 5 nitrogen and oxygen atoms in total. The first-order valence-electron chi connectivity index (χ1n) is 6.68. The second kappa shape index (κ2) is 5.18. The van der Waals surface area contributed by atoms with Crippen molar-refractivity contribution in [2.24, 2.45) is 0 Å². The van der Waals surface area contributed by atoms with Crippen molar-refractivity contribution >= 4 is 21.5 Å². The molecule has 0 atom stereocenters. The fourth-order valence-corrected chi connectivity index (χ4v) is 2.84. The molecule has 0 saturated carbocycles. The molecule has 0 aliphatic heterocycles. The third kappa shape index (κ3) is 1.86. The summed E-state index contributed by atoms with van der Waals surface area (Å²) in [6.45, 7) is 0. The minimum atomic E-state index is 0.0412. The minimum Gasteiger partial charge on any atom is -0.508 e. The maximum atomic E-state index is 10.3. The molecule has 0 fully saturated rings. The maximum absolute atomic E-state index is 10.3. The summed E-state index contributed by atoms with van der Waals surface area (Å²) in [4.78, 5) is 0. The summed E-state index contributed by atoms with van der Waals surface area (Å²) in [6.07, 6.45) is 0. The van der Waals surface area contributed by atoms with Crippen LogP contribution in [0.4, 0.5) is 0 Å². The van der Waals surface area contributed by atoms with E-state index in [1.54, 1.807) is 18.2 Å². The van der Waals surface area contributed by atoms with Crippen molar-refractivity contribution in [2.45, 2.75) is 0 Å². The Bertz CT molecular complexity index is 870. The minimum absolute atomic E-state index is 0.0412. The summed E-state index contributed by atoms with van der Waals surface area (Å²) >= 11 is 0. The fourth-order valence-electron chi connectivity index (χ4n) is 2.84. The number of rotatable bonds is 3. The molecule has 0 bridgehead atoms. The Morgan fingerprint density at radius 1 is 0.773 bits per heavy atom. The smallest absolute Gasteiger partial charge is 0.169 e. The summed E-state index contributed by atoms with van der Waals surface area (Å²) in [7, 11) is 4.58. The third-order valence-corrected chi connectivity index (χ3v) is 3.70. The summed E-state index contributed by atoms with van der Waals surface area (Å²) < 4.78 is 16.3. The molecule has 114 valence electrons. The Kier molecular flexibility index (Phi) is 3.33. The molecule has 0 aliphatic rings. The van der Waals surface area contributed by atoms with Crippen LogP contribution in [0.3, 0.4) is 0 Å². The summed E-state index contributed by atoms with van der Waals surface area (Å²) in [5.74, 6) is 1.56. The highest BCUT2D eigenvalue weighted by Gasteiger charge is 2.21. The predicted molar refractivity (Wildman–Crippen MR) is 84.4 cm³/mol. The molecule has 0 amide bonds. The normalized spacial score (nSPS) is 10.9. The molecule has 0 saturated heterocycles. The van der Waals surface area contributed by atoms with E-state index < -0.39 is 0 Å². The maximum Gasteiger partial charge on any atom is 0.169 e. The first-order valence-corrected chi connectivity index (χ1v) is 6.68. The molecular weight excluding hydrogens is 284 g/mol. The summed E-state index contributed by atoms with van der Waals surface area (Å²) in [5, 5.41) is 22.8. The van der Waals surface area contributed by atoms with E-state index in [0.29, 0.717) is 38.8 Å². The lowest BCUT2D eigenvalue weighted by Crippen LogP contribution is -1.96. The van der Waals surface area contributed by atoms with E-state index in [1.807, 2.05) is 6.07 Å². The van der Waals surface area contributed by atoms with E-state index in [-0.39, 0.29) is 11.5 Å². The van der Waals surface area contributed by atoms with Crippen molar-refractivity contribution in [1.29, 1.82) is 0 Å². The van der Waals surface area contributed by atoms with E-state index in [0.717, 1.165) is 0 Å². The zero-order chi connectivity index (χ0) is 15.9. The Morgan fingerprint density at radius 3 is 2.09 bits per heavy atom. The van der Waals surface area contributed by atoms with Crippen molar-refractivity contribution in [3.63, 3.8) is 0 Å². The molecule has 0 unspecified atom stereocenters. The van der Waals surface area contributed by atoms with Gasteiger partial charge < -0.3 is 24.4 Å². The first kappa shape index (κ1) is 14.1. The number of fused-ring (bicyclic) bond motifs is 3. The standard InChI is InChI=1S/C17H16O5/c1-20-13-8-9(18)7-11-15(13)14-10(5-4-6-12(14)19)16(21-2)17(11)22-3/h4-8,18-19H,1-3H3. The lowest BCUT2D eigenvalue weighted by molar-refractivity contribution is 0.361. The number of phenols is 2. The molecule has 0 heterocycles. The predicted octanol–water partition coefficient (Wildman–Crippen LogP) is 3.43. The van der Waals surface area contributed by atoms with Gasteiger partial charge in [0.2, 0.25) is 0 Å². The second-order valence-electron chi connectivity index (χ2n) is 4.84. The molecule has 5 heteroatoms. The molecule has 3 aromatic carbocycles. The van der Waals surface area contributed by atoms with E-state index in [1.165, 1.54) is 27.4 Å². The molecule has 3 aromatic rings. The van der Waals surface area contributed by atoms with Crippen molar-refractivity contribution in [1.82, 2.24) is 0 Å². The van der Waals surface area contributed by atoms with Gasteiger partial charge in [-0.15, -0.1) is 0 Å². The summed E-state index contributed by atoms with van der Waals surface area (Å²) in [5.41, 5.74) is 0. The van der Waals surface area contributed by atoms with Crippen LogP contribution in [0.5, 0.6) is 28.7 Å². The van der Waals surface area contributed by atoms with Crippen LogP contribution < -0.4 is 14.2 Å². The van der Waals surface area contributed by atoms with Gasteiger partial charge >= 0.3 is 0 Å². The molecule has 22 heavy (non-hydrogen) atoms. The van der Waals surface area contributed by atoms with Crippen molar-refractivity contribution in [3.05, 3.63) is 30.3 Å². The van der Waals surface area contributed by atoms with Gasteiger partial charge in [-0.1, -0.05) is 12.1 Å². The number of methoxy groups -OCH3 is 3. The van der Waals surface area contributed by atoms with E-state index in [4.69, 9.17) is 14.2 Å². The van der Waals surface area contributed by atoms with Crippen molar-refractivity contribution in [2.75, 3.05) is 21.3 Å². The zero-order valence-corrected chi connectivity index (χ0v) is 12.5. The van der Waals surface area contributed by atoms with Gasteiger partial charge in [0.15, 0.2) is 11.5 Å². The molecule has 0 aliphatic carbocycles. The largest absolute Gasteiger partial charge is 0.508 e. The lowest BCUT2D eigenvalue weighted by Gasteiger charge is -2.17. The van der Waals surface area contributed by atoms with Gasteiger partial charge in [-0.2, -0.15) is 0 Å². The number of ether oxygens (including phenoxy) is 3. The highest BCUT2D eigenvalue weighted by atomic mass is 16.5. The van der Waals surface area contributed by atoms with Crippen LogP contribution >= 0.6 is 0 Å². The molecule has 3 rings (SSSR count). The van der Waals surface area contributed by atoms with Crippen LogP contribution in [0.2, 0.25) is 0 Å². The average Bonchev–Trinajstić information content (AvgIpc) is 2.52. The van der Waals surface area contributed by atoms with Crippen LogP contribution in [-0.2, 0) is 0 Å². The van der Waals surface area contributed by atoms with Crippen molar-refractivity contribution < 1.29 is 24.4 Å². The second-order valence-corrected chi connectivity index (χ2v) is 4.84. The van der Waals surface area contributed by atoms with Crippen LogP contribution in [0, 0.1) is 0 Å². The fraction of sp³-hybridized carbons (Fsp3) is 0.176. The van der Waals surface area contributed by atoms with Crippen molar-refractivity contribution in [3.8, 4) is 28.7 Å². The molecular formula is C17H16O5. The quantitative estimate of drug-likeness (QED) is 0.725. The highest BCUT2D eigenvalue weighted by Crippen LogP contribution is 2.49. The van der Waals surface area contributed by atoms with Crippen LogP contribution in [0.25, 0.3) is 21.5 Å². The van der Waals surface area contributed by atoms with E-state index in [9.17, 15) is 10.2 Å². The van der Waals surface area contributed by atoms with Gasteiger partial charge in [0.25, 0.3) is 0 Å². The molecule has 0 radical (unpaired) electrons. The first-order chi connectivity index (χ1) is 10.6. The van der Waals surface area contributed by atoms with Gasteiger partial charge in [0, 0.05) is 27.6 Å². The SMILES string of the molecule is COc1c(OC)c2cc(O)cc(OC)c2c2c(O)cccc12. The average molecular weight is 300 g/mol. The van der Waals surface area contributed by atoms with Gasteiger partial charge in [-0.25, -0.2) is 0 Å². The lowest BCUT2D eigenvalue weighted by atomic mass is 9.98. The summed E-state index contributed by atoms with van der Waals surface area (Å²) in [6, 6.07) is 8.23. The zero-order valence-electron chi connectivity index (χ0n) is 12.5. The number of aromatic hydroxyl groups is 2. The van der Waals surface area contributed by atoms with Gasteiger partial charge in [-0.05, 0) is 12.1 Å². The van der Waals surface area contributed by atoms with Gasteiger partial charge in [0.1, 0.15) is 17.2 Å². The number of hydrogen-bond donors (Lipinski definition) is 2. The topological polar surface area (TPSA) is 68.2 Å². The van der Waals surface area contributed by atoms with Crippen LogP contribution in [-0.4, -0.2) is 31.5 Å².